The third-order valence-electron chi connectivity index (χ3n) is 7.36. The lowest BCUT2D eigenvalue weighted by Gasteiger charge is -2.14. The molecule has 0 fully saturated rings. The zero-order chi connectivity index (χ0) is 48.4. The second-order valence-electron chi connectivity index (χ2n) is 12.8. The van der Waals surface area contributed by atoms with Gasteiger partial charge in [0.2, 0.25) is 17.7 Å². The lowest BCUT2D eigenvalue weighted by molar-refractivity contribution is -0.193. The van der Waals surface area contributed by atoms with Gasteiger partial charge in [-0.25, -0.2) is 27.7 Å². The highest BCUT2D eigenvalue weighted by molar-refractivity contribution is 7.94. The summed E-state index contributed by atoms with van der Waals surface area (Å²) in [5.41, 5.74) is 0.229. The number of aliphatic carboxylic acids is 1. The molecule has 0 bridgehead atoms. The minimum absolute atomic E-state index is 0.0612. The number of anilines is 1. The number of aryl methyl sites for hydroxylation is 1. The van der Waals surface area contributed by atoms with Crippen LogP contribution in [-0.2, 0) is 53.1 Å². The zero-order valence-electron chi connectivity index (χ0n) is 35.1. The predicted molar refractivity (Wildman–Crippen MR) is 237 cm³/mol. The summed E-state index contributed by atoms with van der Waals surface area (Å²) in [7, 11) is -9.56. The highest BCUT2D eigenvalue weighted by atomic mass is 35.5. The number of amides is 2. The number of hydrogen-bond acceptors (Lipinski definition) is 17. The Morgan fingerprint density at radius 3 is 2.22 bits per heavy atom. The van der Waals surface area contributed by atoms with Crippen molar-refractivity contribution in [3.05, 3.63) is 62.9 Å². The molecule has 1 aromatic carbocycles. The van der Waals surface area contributed by atoms with Crippen LogP contribution >= 0.6 is 30.8 Å². The maximum Gasteiger partial charge on any atom is 0.350 e. The van der Waals surface area contributed by atoms with Crippen LogP contribution in [0.15, 0.2) is 51.2 Å². The molecule has 23 nitrogen and oxygen atoms in total. The van der Waals surface area contributed by atoms with Crippen LogP contribution in [0.5, 0.6) is 17.5 Å². The molecule has 0 spiro atoms. The number of halogens is 2. The number of nitrogens with zero attached hydrogens (tertiary/aromatic N) is 6. The lowest BCUT2D eigenvalue weighted by Crippen LogP contribution is -2.36. The summed E-state index contributed by atoms with van der Waals surface area (Å²) in [4.78, 5) is 63.1. The number of terminal acetylenes is 1. The molecule has 1 unspecified atom stereocenters. The summed E-state index contributed by atoms with van der Waals surface area (Å²) < 4.78 is 78.9. The highest BCUT2D eigenvalue weighted by Gasteiger charge is 2.29. The summed E-state index contributed by atoms with van der Waals surface area (Å²) in [5.74, 6) is 1.82. The van der Waals surface area contributed by atoms with Crippen LogP contribution in [-0.4, -0.2) is 126 Å². The molecule has 3 aromatic heterocycles. The number of benzene rings is 1. The van der Waals surface area contributed by atoms with Crippen molar-refractivity contribution in [1.29, 1.82) is 0 Å². The second-order valence-corrected chi connectivity index (χ2v) is 21.5. The number of urea groups is 1. The summed E-state index contributed by atoms with van der Waals surface area (Å²) in [5, 5.41) is 16.3. The number of sulfonamides is 1. The Kier molecular flexibility index (Phi) is 22.0. The van der Waals surface area contributed by atoms with Gasteiger partial charge in [-0.2, -0.15) is 23.1 Å². The van der Waals surface area contributed by atoms with Crippen molar-refractivity contribution in [2.24, 2.45) is 0 Å². The van der Waals surface area contributed by atoms with Crippen molar-refractivity contribution >= 4 is 79.5 Å². The van der Waals surface area contributed by atoms with Gasteiger partial charge in [0.05, 0.1) is 73.4 Å². The van der Waals surface area contributed by atoms with Crippen molar-refractivity contribution in [3.8, 4) is 35.5 Å². The van der Waals surface area contributed by atoms with E-state index in [-0.39, 0.29) is 35.8 Å². The first-order valence-electron chi connectivity index (χ1n) is 18.1. The molecule has 4 heterocycles. The van der Waals surface area contributed by atoms with Crippen molar-refractivity contribution in [2.45, 2.75) is 42.7 Å². The Morgan fingerprint density at radius 2 is 1.69 bits per heavy atom. The quantitative estimate of drug-likeness (QED) is 0.0679. The van der Waals surface area contributed by atoms with Crippen molar-refractivity contribution < 1.29 is 60.1 Å². The predicted octanol–water partition coefficient (Wildman–Crippen LogP) is 1.54. The van der Waals surface area contributed by atoms with Gasteiger partial charge in [-0.05, 0) is 41.9 Å². The molecule has 0 aliphatic carbocycles. The molecule has 1 aliphatic heterocycles. The number of fused-ring (bicyclic) bond motifs is 1. The standard InChI is InChI=1S/C15H13Cl2N3O2.C14H17N5O7S2.C3H8NO5P.C3H9S/c1-2-7-22-13-9-12(10(16)8-11(13)17)20-15(21)19-6-4-3-5-14(19)18-20;1-4-27(21,22)9-6-5-7-15-12(9)28(23,24)19-14(20)18-13-16-10(25-2)8-11(17-13)26-3;5-3(6)1-4-2-10(7,8)9;1-4(2)3/h1,8-9H,3-7H2;5-8H,4H2,1-3H3,(H2,16,17,18,19,20);4H,1-2H2,(H,5,6)(H2,7,8,9);1-3H3/q;;;+1/p-1. The van der Waals surface area contributed by atoms with Crippen molar-refractivity contribution in [1.82, 2.24) is 39.3 Å². The summed E-state index contributed by atoms with van der Waals surface area (Å²) >= 11 is 12.3. The van der Waals surface area contributed by atoms with E-state index >= 15 is 0 Å². The minimum Gasteiger partial charge on any atom is -0.778 e. The van der Waals surface area contributed by atoms with Gasteiger partial charge in [-0.15, -0.1) is 11.5 Å². The SMILES string of the molecule is C#CCOc1cc(-n2nc3n(c2=O)CCCC3)c(Cl)cc1Cl.CCS(=O)(=O)c1cccnc1S(=O)(=O)NC(=O)Nc1nc(OC)cc(OC)n1.C[S+](C)C.O=C(O)CNCP(=O)([O-])O. The van der Waals surface area contributed by atoms with E-state index in [1.807, 2.05) is 5.32 Å². The van der Waals surface area contributed by atoms with Crippen LogP contribution in [0.2, 0.25) is 10.0 Å². The summed E-state index contributed by atoms with van der Waals surface area (Å²) in [6, 6.07) is 5.58. The average molecular weight is 1010 g/mol. The number of pyridine rings is 1. The van der Waals surface area contributed by atoms with Gasteiger partial charge in [0.15, 0.2) is 14.9 Å². The Hall–Kier alpha value is -4.97. The van der Waals surface area contributed by atoms with E-state index in [0.717, 1.165) is 37.4 Å². The Morgan fingerprint density at radius 1 is 1.06 bits per heavy atom. The van der Waals surface area contributed by atoms with Gasteiger partial charge in [-0.1, -0.05) is 36.0 Å². The van der Waals surface area contributed by atoms with E-state index in [4.69, 9.17) is 53.8 Å². The van der Waals surface area contributed by atoms with Crippen LogP contribution < -0.4 is 40.1 Å². The fourth-order valence-electron chi connectivity index (χ4n) is 4.71. The molecule has 0 radical (unpaired) electrons. The van der Waals surface area contributed by atoms with Gasteiger partial charge in [0.1, 0.15) is 30.7 Å². The summed E-state index contributed by atoms with van der Waals surface area (Å²) in [6.07, 6.45) is 14.9. The van der Waals surface area contributed by atoms with E-state index in [2.05, 4.69) is 50.1 Å². The third kappa shape index (κ3) is 17.9. The van der Waals surface area contributed by atoms with Crippen LogP contribution in [0.3, 0.4) is 0 Å². The average Bonchev–Trinajstić information content (AvgIpc) is 3.55. The van der Waals surface area contributed by atoms with Gasteiger partial charge in [0.25, 0.3) is 10.0 Å². The molecule has 29 heteroatoms. The Bertz CT molecular complexity index is 2600. The number of carbonyl (C=O) groups excluding carboxylic acids is 1. The molecule has 1 aliphatic rings. The molecule has 5 rings (SSSR count). The number of ether oxygens (including phenoxy) is 3. The van der Waals surface area contributed by atoms with Crippen LogP contribution in [0, 0.1) is 12.3 Å². The van der Waals surface area contributed by atoms with Gasteiger partial charge in [-0.3, -0.25) is 20.0 Å². The molecule has 2 amide bonds. The topological polar surface area (TPSA) is 325 Å². The number of sulfone groups is 1. The number of aromatic nitrogens is 6. The van der Waals surface area contributed by atoms with Crippen LogP contribution in [0.25, 0.3) is 5.69 Å². The number of carbonyl (C=O) groups is 2. The second kappa shape index (κ2) is 25.5. The molecule has 64 heavy (non-hydrogen) atoms. The van der Waals surface area contributed by atoms with Crippen molar-refractivity contribution in [3.63, 3.8) is 0 Å². The van der Waals surface area contributed by atoms with E-state index in [1.54, 1.807) is 15.4 Å². The van der Waals surface area contributed by atoms with E-state index in [9.17, 15) is 40.7 Å². The van der Waals surface area contributed by atoms with Crippen LogP contribution in [0.1, 0.15) is 25.6 Å². The number of nitrogens with one attached hydrogen (secondary N) is 3. The third-order valence-corrected chi connectivity index (χ3v) is 11.8. The van der Waals surface area contributed by atoms with Gasteiger partial charge < -0.3 is 33.7 Å². The first kappa shape index (κ1) is 55.2. The number of hydrogen-bond donors (Lipinski definition) is 5. The Labute approximate surface area is 381 Å². The normalized spacial score (nSPS) is 12.8. The van der Waals surface area contributed by atoms with E-state index in [1.165, 1.54) is 44.0 Å². The Balaban J connectivity index is 0.000000345. The van der Waals surface area contributed by atoms with Gasteiger partial charge in [0, 0.05) is 25.2 Å². The monoisotopic (exact) mass is 1010 g/mol. The lowest BCUT2D eigenvalue weighted by atomic mass is 10.2. The van der Waals surface area contributed by atoms with E-state index < -0.39 is 62.2 Å². The molecular formula is C35H46Cl2N9O14PS3. The summed E-state index contributed by atoms with van der Waals surface area (Å²) in [6.45, 7) is 1.63. The molecule has 0 saturated heterocycles. The molecule has 0 saturated carbocycles. The van der Waals surface area contributed by atoms with Gasteiger partial charge >= 0.3 is 17.7 Å². The fourth-order valence-corrected chi connectivity index (χ4v) is 8.17. The smallest absolute Gasteiger partial charge is 0.350 e. The van der Waals surface area contributed by atoms with Crippen LogP contribution in [0.4, 0.5) is 10.7 Å². The maximum absolute atomic E-state index is 12.5. The number of methoxy groups -OCH3 is 2. The molecule has 4 aromatic rings. The molecule has 1 atom stereocenters. The molecule has 352 valence electrons. The number of carboxylic acids is 1. The number of carboxylic acid groups (broad SMARTS) is 1. The highest BCUT2D eigenvalue weighted by Crippen LogP contribution is 2.33. The van der Waals surface area contributed by atoms with Crippen molar-refractivity contribution in [2.75, 3.05) is 63.5 Å². The zero-order valence-corrected chi connectivity index (χ0v) is 40.0. The minimum atomic E-state index is -4.61. The largest absolute Gasteiger partial charge is 0.778 e. The fraction of sp³-hybridized carbons (Fsp3) is 0.400. The first-order chi connectivity index (χ1) is 29.9. The number of rotatable bonds is 14. The maximum atomic E-state index is 12.5. The first-order valence-corrected chi connectivity index (χ1v) is 26.2. The van der Waals surface area contributed by atoms with E-state index in [0.29, 0.717) is 38.9 Å². The molecule has 5 N–H and O–H groups in total. The molecular weight excluding hydrogens is 969 g/mol.